The summed E-state index contributed by atoms with van der Waals surface area (Å²) < 4.78 is 0. The molecule has 0 aromatic heterocycles. The molecule has 31 heavy (non-hydrogen) atoms. The van der Waals surface area contributed by atoms with Crippen molar-refractivity contribution in [3.05, 3.63) is 65.2 Å². The molecule has 2 saturated heterocycles. The Bertz CT molecular complexity index is 861. The molecule has 0 radical (unpaired) electrons. The van der Waals surface area contributed by atoms with E-state index in [0.29, 0.717) is 0 Å². The van der Waals surface area contributed by atoms with Gasteiger partial charge >= 0.3 is 0 Å². The molecule has 2 aliphatic rings. The monoisotopic (exact) mass is 440 g/mol. The van der Waals surface area contributed by atoms with Crippen LogP contribution >= 0.6 is 11.6 Å². The van der Waals surface area contributed by atoms with E-state index in [9.17, 15) is 4.79 Å². The van der Waals surface area contributed by atoms with Crippen LogP contribution in [0, 0.1) is 0 Å². The molecule has 4 rings (SSSR count). The van der Waals surface area contributed by atoms with Crippen LogP contribution in [0.25, 0.3) is 0 Å². The van der Waals surface area contributed by atoms with Crippen molar-refractivity contribution in [1.29, 1.82) is 0 Å². The average molecular weight is 441 g/mol. The van der Waals surface area contributed by atoms with Gasteiger partial charge in [0.1, 0.15) is 0 Å². The van der Waals surface area contributed by atoms with Gasteiger partial charge in [0.2, 0.25) is 5.91 Å². The van der Waals surface area contributed by atoms with Gasteiger partial charge < -0.3 is 9.80 Å². The van der Waals surface area contributed by atoms with Crippen molar-refractivity contribution < 1.29 is 4.79 Å². The van der Waals surface area contributed by atoms with Gasteiger partial charge in [-0.1, -0.05) is 48.0 Å². The lowest BCUT2D eigenvalue weighted by atomic mass is 10.1. The summed E-state index contributed by atoms with van der Waals surface area (Å²) in [5, 5.41) is 0.829. The van der Waals surface area contributed by atoms with Crippen LogP contribution in [-0.4, -0.2) is 79.0 Å². The second kappa shape index (κ2) is 10.0. The van der Waals surface area contributed by atoms with Crippen LogP contribution in [0.15, 0.2) is 54.6 Å². The third-order valence-corrected chi connectivity index (χ3v) is 7.21. The number of carbonyl (C=O) groups is 1. The molecule has 2 aliphatic heterocycles. The first-order chi connectivity index (χ1) is 15.0. The number of amides is 1. The minimum absolute atomic E-state index is 0.0685. The van der Waals surface area contributed by atoms with Gasteiger partial charge in [0.05, 0.1) is 6.04 Å². The smallest absolute Gasteiger partial charge is 0.239 e. The summed E-state index contributed by atoms with van der Waals surface area (Å²) in [4.78, 5) is 22.4. The third-order valence-electron chi connectivity index (χ3n) is 6.87. The Morgan fingerprint density at radius 3 is 2.00 bits per heavy atom. The number of hydrogen-bond acceptors (Lipinski definition) is 4. The van der Waals surface area contributed by atoms with Crippen molar-refractivity contribution in [3.8, 4) is 0 Å². The van der Waals surface area contributed by atoms with Crippen molar-refractivity contribution in [2.75, 3.05) is 57.3 Å². The van der Waals surface area contributed by atoms with E-state index in [0.717, 1.165) is 57.4 Å². The predicted octanol–water partition coefficient (Wildman–Crippen LogP) is 3.76. The van der Waals surface area contributed by atoms with Crippen LogP contribution in [-0.2, 0) is 4.79 Å². The molecule has 2 heterocycles. The summed E-state index contributed by atoms with van der Waals surface area (Å²) in [5.74, 6) is 0.264. The van der Waals surface area contributed by atoms with Crippen LogP contribution in [0.1, 0.15) is 25.5 Å². The van der Waals surface area contributed by atoms with E-state index in [-0.39, 0.29) is 18.0 Å². The van der Waals surface area contributed by atoms with E-state index in [1.807, 2.05) is 29.2 Å². The SMILES string of the molecule is CC(C(=O)N1CCN(c2ccccc2)CC1)N1CCN(C(C)c2ccccc2Cl)CC1. The maximum absolute atomic E-state index is 13.2. The molecule has 0 N–H and O–H groups in total. The Balaban J connectivity index is 1.27. The first-order valence-corrected chi connectivity index (χ1v) is 11.7. The van der Waals surface area contributed by atoms with Crippen LogP contribution in [0.4, 0.5) is 5.69 Å². The zero-order chi connectivity index (χ0) is 21.8. The number of anilines is 1. The summed E-state index contributed by atoms with van der Waals surface area (Å²) in [6.07, 6.45) is 0. The lowest BCUT2D eigenvalue weighted by molar-refractivity contribution is -0.137. The zero-order valence-electron chi connectivity index (χ0n) is 18.6. The summed E-state index contributed by atoms with van der Waals surface area (Å²) in [6.45, 7) is 11.4. The van der Waals surface area contributed by atoms with Crippen molar-refractivity contribution >= 4 is 23.2 Å². The minimum atomic E-state index is -0.0685. The highest BCUT2D eigenvalue weighted by molar-refractivity contribution is 6.31. The summed E-state index contributed by atoms with van der Waals surface area (Å²) >= 11 is 6.40. The third kappa shape index (κ3) is 5.05. The molecule has 0 spiro atoms. The second-order valence-corrected chi connectivity index (χ2v) is 9.00. The van der Waals surface area contributed by atoms with Gasteiger partial charge in [-0.25, -0.2) is 0 Å². The normalized spacial score (nSPS) is 20.5. The van der Waals surface area contributed by atoms with Gasteiger partial charge in [-0.05, 0) is 37.6 Å². The first-order valence-electron chi connectivity index (χ1n) is 11.4. The number of hydrogen-bond donors (Lipinski definition) is 0. The number of piperazine rings is 2. The number of rotatable bonds is 5. The molecule has 0 saturated carbocycles. The number of para-hydroxylation sites is 1. The molecule has 1 amide bonds. The van der Waals surface area contributed by atoms with Gasteiger partial charge in [0, 0.05) is 69.1 Å². The molecule has 0 aliphatic carbocycles. The Kier molecular flexibility index (Phi) is 7.16. The summed E-state index contributed by atoms with van der Waals surface area (Å²) in [6, 6.07) is 18.8. The molecule has 166 valence electrons. The lowest BCUT2D eigenvalue weighted by Crippen LogP contribution is -2.57. The van der Waals surface area contributed by atoms with Crippen LogP contribution in [0.2, 0.25) is 5.02 Å². The molecular formula is C25H33ClN4O. The van der Waals surface area contributed by atoms with Crippen LogP contribution in [0.5, 0.6) is 0 Å². The van der Waals surface area contributed by atoms with Gasteiger partial charge in [-0.3, -0.25) is 14.6 Å². The molecule has 5 nitrogen and oxygen atoms in total. The Morgan fingerprint density at radius 1 is 0.774 bits per heavy atom. The van der Waals surface area contributed by atoms with Gasteiger partial charge in [-0.2, -0.15) is 0 Å². The molecule has 2 fully saturated rings. The van der Waals surface area contributed by atoms with E-state index in [1.54, 1.807) is 0 Å². The van der Waals surface area contributed by atoms with E-state index in [2.05, 4.69) is 58.9 Å². The predicted molar refractivity (Wildman–Crippen MR) is 128 cm³/mol. The fourth-order valence-electron chi connectivity index (χ4n) is 4.77. The molecule has 2 aromatic carbocycles. The lowest BCUT2D eigenvalue weighted by Gasteiger charge is -2.42. The van der Waals surface area contributed by atoms with E-state index >= 15 is 0 Å². The quantitative estimate of drug-likeness (QED) is 0.708. The second-order valence-electron chi connectivity index (χ2n) is 8.59. The zero-order valence-corrected chi connectivity index (χ0v) is 19.3. The highest BCUT2D eigenvalue weighted by Gasteiger charge is 2.31. The largest absolute Gasteiger partial charge is 0.368 e. The van der Waals surface area contributed by atoms with E-state index in [1.165, 1.54) is 11.3 Å². The first kappa shape index (κ1) is 22.1. The Labute approximate surface area is 191 Å². The van der Waals surface area contributed by atoms with Gasteiger partial charge in [-0.15, -0.1) is 0 Å². The van der Waals surface area contributed by atoms with Crippen LogP contribution in [0.3, 0.4) is 0 Å². The molecule has 2 atom stereocenters. The maximum atomic E-state index is 13.2. The highest BCUT2D eigenvalue weighted by atomic mass is 35.5. The Morgan fingerprint density at radius 2 is 1.35 bits per heavy atom. The number of carbonyl (C=O) groups excluding carboxylic acids is 1. The van der Waals surface area contributed by atoms with Crippen molar-refractivity contribution in [2.45, 2.75) is 25.9 Å². The van der Waals surface area contributed by atoms with Crippen molar-refractivity contribution in [3.63, 3.8) is 0 Å². The molecular weight excluding hydrogens is 408 g/mol. The number of benzene rings is 2. The maximum Gasteiger partial charge on any atom is 0.239 e. The fourth-order valence-corrected chi connectivity index (χ4v) is 5.06. The van der Waals surface area contributed by atoms with E-state index < -0.39 is 0 Å². The van der Waals surface area contributed by atoms with Crippen molar-refractivity contribution in [2.24, 2.45) is 0 Å². The van der Waals surface area contributed by atoms with Crippen LogP contribution < -0.4 is 4.90 Å². The van der Waals surface area contributed by atoms with E-state index in [4.69, 9.17) is 11.6 Å². The van der Waals surface area contributed by atoms with Crippen molar-refractivity contribution in [1.82, 2.24) is 14.7 Å². The molecule has 0 bridgehead atoms. The topological polar surface area (TPSA) is 30.0 Å². The number of halogens is 1. The summed E-state index contributed by atoms with van der Waals surface area (Å²) in [5.41, 5.74) is 2.42. The van der Waals surface area contributed by atoms with Gasteiger partial charge in [0.15, 0.2) is 0 Å². The number of nitrogens with zero attached hydrogens (tertiary/aromatic N) is 4. The molecule has 6 heteroatoms. The van der Waals surface area contributed by atoms with Gasteiger partial charge in [0.25, 0.3) is 0 Å². The summed E-state index contributed by atoms with van der Waals surface area (Å²) in [7, 11) is 0. The molecule has 2 unspecified atom stereocenters. The fraction of sp³-hybridized carbons (Fsp3) is 0.480. The minimum Gasteiger partial charge on any atom is -0.368 e. The Hall–Kier alpha value is -2.08. The standard InChI is InChI=1S/C25H33ClN4O/c1-20(23-10-6-7-11-24(23)26)27-12-14-28(15-13-27)21(2)25(31)30-18-16-29(17-19-30)22-8-4-3-5-9-22/h3-11,20-21H,12-19H2,1-2H3. The average Bonchev–Trinajstić information content (AvgIpc) is 2.84. The molecule has 2 aromatic rings. The highest BCUT2D eigenvalue weighted by Crippen LogP contribution is 2.28.